The highest BCUT2D eigenvalue weighted by Crippen LogP contribution is 2.23. The topological polar surface area (TPSA) is 52.7 Å². The van der Waals surface area contributed by atoms with Gasteiger partial charge in [-0.1, -0.05) is 38.1 Å². The van der Waals surface area contributed by atoms with E-state index in [0.717, 1.165) is 25.2 Å². The minimum atomic E-state index is -0.683. The molecule has 6 heteroatoms. The summed E-state index contributed by atoms with van der Waals surface area (Å²) in [7, 11) is 1.50. The first kappa shape index (κ1) is 22.0. The van der Waals surface area contributed by atoms with Crippen molar-refractivity contribution in [2.24, 2.45) is 11.8 Å². The summed E-state index contributed by atoms with van der Waals surface area (Å²) < 4.78 is 13.1. The second-order valence-corrected chi connectivity index (χ2v) is 8.43. The van der Waals surface area contributed by atoms with E-state index in [1.54, 1.807) is 0 Å². The minimum absolute atomic E-state index is 0.289. The monoisotopic (exact) mass is 411 g/mol. The van der Waals surface area contributed by atoms with E-state index in [4.69, 9.17) is 0 Å². The maximum Gasteiger partial charge on any atom is 0.316 e. The lowest BCUT2D eigenvalue weighted by Gasteiger charge is -2.35. The summed E-state index contributed by atoms with van der Waals surface area (Å²) >= 11 is 0. The Bertz CT molecular complexity index is 874. The van der Waals surface area contributed by atoms with Crippen LogP contribution in [0.25, 0.3) is 0 Å². The zero-order valence-electron chi connectivity index (χ0n) is 17.9. The second-order valence-electron chi connectivity index (χ2n) is 8.43. The standard InChI is InChI=1S/C24H30FN3O2/c1-17-12-18(2)15-28(14-17)16-20-7-5-4-6-19(20)13-26-23(29)24(30)27(3)22-10-8-21(25)9-11-22/h4-11,17-18H,12-16H2,1-3H3,(H,26,29)/t17-,18-/m1/s1. The molecule has 2 aromatic carbocycles. The van der Waals surface area contributed by atoms with Crippen LogP contribution in [0.3, 0.4) is 0 Å². The second kappa shape index (κ2) is 9.85. The lowest BCUT2D eigenvalue weighted by Crippen LogP contribution is -2.41. The van der Waals surface area contributed by atoms with E-state index in [9.17, 15) is 14.0 Å². The van der Waals surface area contributed by atoms with Gasteiger partial charge in [-0.15, -0.1) is 0 Å². The number of hydrogen-bond acceptors (Lipinski definition) is 3. The van der Waals surface area contributed by atoms with Crippen molar-refractivity contribution in [3.05, 3.63) is 65.5 Å². The number of halogens is 1. The Balaban J connectivity index is 1.60. The molecule has 1 N–H and O–H groups in total. The molecule has 0 bridgehead atoms. The molecule has 1 saturated heterocycles. The molecule has 2 aromatic rings. The number of anilines is 1. The van der Waals surface area contributed by atoms with Crippen molar-refractivity contribution in [2.75, 3.05) is 25.0 Å². The Morgan fingerprint density at radius 2 is 1.63 bits per heavy atom. The first-order chi connectivity index (χ1) is 14.3. The van der Waals surface area contributed by atoms with Gasteiger partial charge in [0.1, 0.15) is 5.82 Å². The van der Waals surface area contributed by atoms with Gasteiger partial charge in [0, 0.05) is 38.9 Å². The maximum atomic E-state index is 13.1. The van der Waals surface area contributed by atoms with Crippen LogP contribution in [-0.4, -0.2) is 36.9 Å². The normalized spacial score (nSPS) is 19.3. The highest BCUT2D eigenvalue weighted by atomic mass is 19.1. The fourth-order valence-electron chi connectivity index (χ4n) is 4.23. The molecule has 160 valence electrons. The minimum Gasteiger partial charge on any atom is -0.344 e. The van der Waals surface area contributed by atoms with Gasteiger partial charge in [-0.05, 0) is 53.6 Å². The molecule has 1 fully saturated rings. The molecule has 1 heterocycles. The van der Waals surface area contributed by atoms with Crippen LogP contribution in [0.1, 0.15) is 31.4 Å². The Kier molecular flexibility index (Phi) is 7.21. The molecule has 5 nitrogen and oxygen atoms in total. The number of nitrogens with one attached hydrogen (secondary N) is 1. The van der Waals surface area contributed by atoms with Crippen molar-refractivity contribution < 1.29 is 14.0 Å². The molecule has 2 amide bonds. The van der Waals surface area contributed by atoms with Crippen LogP contribution in [0.2, 0.25) is 0 Å². The van der Waals surface area contributed by atoms with Crippen LogP contribution in [0.4, 0.5) is 10.1 Å². The van der Waals surface area contributed by atoms with Crippen molar-refractivity contribution in [3.8, 4) is 0 Å². The number of hydrogen-bond donors (Lipinski definition) is 1. The largest absolute Gasteiger partial charge is 0.344 e. The SMILES string of the molecule is C[C@@H]1C[C@@H](C)CN(Cc2ccccc2CNC(=O)C(=O)N(C)c2ccc(F)cc2)C1. The van der Waals surface area contributed by atoms with E-state index in [1.165, 1.54) is 48.2 Å². The lowest BCUT2D eigenvalue weighted by atomic mass is 9.91. The van der Waals surface area contributed by atoms with Crippen LogP contribution in [0, 0.1) is 17.7 Å². The van der Waals surface area contributed by atoms with Crippen LogP contribution in [0.15, 0.2) is 48.5 Å². The number of likely N-dealkylation sites (N-methyl/N-ethyl adjacent to an activating group) is 1. The van der Waals surface area contributed by atoms with Gasteiger partial charge in [0.25, 0.3) is 0 Å². The van der Waals surface area contributed by atoms with Crippen molar-refractivity contribution in [1.82, 2.24) is 10.2 Å². The van der Waals surface area contributed by atoms with Crippen molar-refractivity contribution in [2.45, 2.75) is 33.4 Å². The Labute approximate surface area is 177 Å². The summed E-state index contributed by atoms with van der Waals surface area (Å²) in [5.74, 6) is -0.395. The molecule has 0 saturated carbocycles. The quantitative estimate of drug-likeness (QED) is 0.765. The number of piperidine rings is 1. The summed E-state index contributed by atoms with van der Waals surface area (Å²) in [6.45, 7) is 7.86. The predicted molar refractivity (Wildman–Crippen MR) is 116 cm³/mol. The summed E-state index contributed by atoms with van der Waals surface area (Å²) in [4.78, 5) is 28.5. The highest BCUT2D eigenvalue weighted by Gasteiger charge is 2.23. The number of carbonyl (C=O) groups excluding carboxylic acids is 2. The average Bonchev–Trinajstić information content (AvgIpc) is 2.71. The van der Waals surface area contributed by atoms with Gasteiger partial charge in [-0.2, -0.15) is 0 Å². The maximum absolute atomic E-state index is 13.1. The van der Waals surface area contributed by atoms with E-state index in [0.29, 0.717) is 17.5 Å². The summed E-state index contributed by atoms with van der Waals surface area (Å²) in [5.41, 5.74) is 2.64. The first-order valence-electron chi connectivity index (χ1n) is 10.4. The summed E-state index contributed by atoms with van der Waals surface area (Å²) in [6.07, 6.45) is 1.26. The number of nitrogens with zero attached hydrogens (tertiary/aromatic N) is 2. The molecule has 1 aliphatic heterocycles. The highest BCUT2D eigenvalue weighted by molar-refractivity contribution is 6.40. The van der Waals surface area contributed by atoms with Crippen molar-refractivity contribution in [1.29, 1.82) is 0 Å². The van der Waals surface area contributed by atoms with Crippen molar-refractivity contribution in [3.63, 3.8) is 0 Å². The molecule has 0 aliphatic carbocycles. The van der Waals surface area contributed by atoms with Crippen LogP contribution < -0.4 is 10.2 Å². The number of carbonyl (C=O) groups is 2. The van der Waals surface area contributed by atoms with Crippen molar-refractivity contribution >= 4 is 17.5 Å². The van der Waals surface area contributed by atoms with E-state index >= 15 is 0 Å². The van der Waals surface area contributed by atoms with Crippen LogP contribution >= 0.6 is 0 Å². The molecular formula is C24H30FN3O2. The lowest BCUT2D eigenvalue weighted by molar-refractivity contribution is -0.137. The van der Waals surface area contributed by atoms with E-state index in [-0.39, 0.29) is 6.54 Å². The molecule has 0 radical (unpaired) electrons. The molecule has 0 spiro atoms. The van der Waals surface area contributed by atoms with Gasteiger partial charge in [0.15, 0.2) is 0 Å². The third-order valence-electron chi connectivity index (χ3n) is 5.61. The zero-order valence-corrected chi connectivity index (χ0v) is 17.9. The Morgan fingerprint density at radius 3 is 2.27 bits per heavy atom. The van der Waals surface area contributed by atoms with Gasteiger partial charge in [-0.25, -0.2) is 4.39 Å². The van der Waals surface area contributed by atoms with Gasteiger partial charge in [0.2, 0.25) is 0 Å². The number of amides is 2. The molecule has 3 rings (SSSR count). The van der Waals surface area contributed by atoms with Gasteiger partial charge < -0.3 is 10.2 Å². The molecule has 0 aromatic heterocycles. The van der Waals surface area contributed by atoms with Gasteiger partial charge in [-0.3, -0.25) is 14.5 Å². The number of rotatable bonds is 5. The van der Waals surface area contributed by atoms with Gasteiger partial charge in [0.05, 0.1) is 0 Å². The Morgan fingerprint density at radius 1 is 1.03 bits per heavy atom. The zero-order chi connectivity index (χ0) is 21.7. The summed E-state index contributed by atoms with van der Waals surface area (Å²) in [6, 6.07) is 13.5. The number of likely N-dealkylation sites (tertiary alicyclic amines) is 1. The predicted octanol–water partition coefficient (Wildman–Crippen LogP) is 3.58. The third kappa shape index (κ3) is 5.66. The molecule has 2 atom stereocenters. The molecule has 30 heavy (non-hydrogen) atoms. The van der Waals surface area contributed by atoms with E-state index in [2.05, 4.69) is 30.1 Å². The van der Waals surface area contributed by atoms with Crippen LogP contribution in [0.5, 0.6) is 0 Å². The average molecular weight is 412 g/mol. The molecule has 1 aliphatic rings. The van der Waals surface area contributed by atoms with Crippen LogP contribution in [-0.2, 0) is 22.7 Å². The van der Waals surface area contributed by atoms with Gasteiger partial charge >= 0.3 is 11.8 Å². The Hall–Kier alpha value is -2.73. The van der Waals surface area contributed by atoms with E-state index in [1.807, 2.05) is 18.2 Å². The smallest absolute Gasteiger partial charge is 0.316 e. The number of benzene rings is 2. The molecule has 0 unspecified atom stereocenters. The summed E-state index contributed by atoms with van der Waals surface area (Å²) in [5, 5.41) is 2.73. The van der Waals surface area contributed by atoms with E-state index < -0.39 is 17.6 Å². The fraction of sp³-hybridized carbons (Fsp3) is 0.417. The first-order valence-corrected chi connectivity index (χ1v) is 10.4. The molecular weight excluding hydrogens is 381 g/mol. The fourth-order valence-corrected chi connectivity index (χ4v) is 4.23. The third-order valence-corrected chi connectivity index (χ3v) is 5.61.